The second kappa shape index (κ2) is 4.88. The van der Waals surface area contributed by atoms with Gasteiger partial charge in [-0.05, 0) is 28.3 Å². The summed E-state index contributed by atoms with van der Waals surface area (Å²) < 4.78 is 24.8. The second-order valence-corrected chi connectivity index (χ2v) is 3.66. The van der Waals surface area contributed by atoms with Crippen molar-refractivity contribution in [1.29, 1.82) is 0 Å². The summed E-state index contributed by atoms with van der Waals surface area (Å²) in [4.78, 5) is 0. The molecule has 2 rings (SSSR count). The summed E-state index contributed by atoms with van der Waals surface area (Å²) in [5.74, 6) is 0. The Labute approximate surface area is 93.5 Å². The first-order valence-electron chi connectivity index (χ1n) is 5.13. The van der Waals surface area contributed by atoms with Gasteiger partial charge in [0.2, 0.25) is 0 Å². The summed E-state index contributed by atoms with van der Waals surface area (Å²) in [7, 11) is 0. The Kier molecular flexibility index (Phi) is 3.30. The van der Waals surface area contributed by atoms with E-state index in [1.807, 2.05) is 30.3 Å². The van der Waals surface area contributed by atoms with E-state index in [1.54, 1.807) is 18.2 Å². The van der Waals surface area contributed by atoms with Crippen molar-refractivity contribution in [2.45, 2.75) is 13.3 Å². The molecule has 0 atom stereocenters. The van der Waals surface area contributed by atoms with Crippen molar-refractivity contribution in [1.82, 2.24) is 0 Å². The Morgan fingerprint density at radius 2 is 1.38 bits per heavy atom. The van der Waals surface area contributed by atoms with E-state index in [9.17, 15) is 8.78 Å². The third-order valence-electron chi connectivity index (χ3n) is 2.52. The lowest BCUT2D eigenvalue weighted by atomic mass is 10.0. The minimum atomic E-state index is -0.462. The molecular weight excluding hydrogens is 206 g/mol. The van der Waals surface area contributed by atoms with Gasteiger partial charge in [-0.2, -0.15) is 0 Å². The fourth-order valence-corrected chi connectivity index (χ4v) is 1.62. The molecule has 0 heterocycles. The van der Waals surface area contributed by atoms with Crippen LogP contribution in [0.25, 0.3) is 11.1 Å². The van der Waals surface area contributed by atoms with E-state index >= 15 is 0 Å². The van der Waals surface area contributed by atoms with Gasteiger partial charge in [0.25, 0.3) is 0 Å². The number of benzene rings is 2. The van der Waals surface area contributed by atoms with Gasteiger partial charge in [0, 0.05) is 0 Å². The van der Waals surface area contributed by atoms with Gasteiger partial charge in [0.05, 0.1) is 0 Å². The molecule has 0 aliphatic carbocycles. The number of halogens is 2. The highest BCUT2D eigenvalue weighted by Crippen LogP contribution is 2.21. The zero-order valence-corrected chi connectivity index (χ0v) is 8.79. The fourth-order valence-electron chi connectivity index (χ4n) is 1.62. The van der Waals surface area contributed by atoms with E-state index < -0.39 is 13.3 Å². The Balaban J connectivity index is 2.34. The van der Waals surface area contributed by atoms with Crippen LogP contribution in [0.1, 0.15) is 11.1 Å². The summed E-state index contributed by atoms with van der Waals surface area (Å²) in [6, 6.07) is 14.5. The van der Waals surface area contributed by atoms with Gasteiger partial charge < -0.3 is 0 Å². The molecule has 0 bridgehead atoms. The van der Waals surface area contributed by atoms with Crippen LogP contribution >= 0.6 is 0 Å². The maximum absolute atomic E-state index is 12.5. The first-order valence-corrected chi connectivity index (χ1v) is 5.13. The third kappa shape index (κ3) is 2.27. The molecule has 0 aliphatic rings. The molecule has 0 N–H and O–H groups in total. The van der Waals surface area contributed by atoms with Crippen LogP contribution in [0.3, 0.4) is 0 Å². The smallest absolute Gasteiger partial charge is 0.115 e. The van der Waals surface area contributed by atoms with Crippen LogP contribution in [0, 0.1) is 0 Å². The predicted molar refractivity (Wildman–Crippen MR) is 61.5 cm³/mol. The average molecular weight is 218 g/mol. The molecule has 2 aromatic carbocycles. The van der Waals surface area contributed by atoms with Gasteiger partial charge in [-0.25, -0.2) is 8.78 Å². The molecule has 2 aromatic rings. The van der Waals surface area contributed by atoms with Crippen molar-refractivity contribution in [2.24, 2.45) is 0 Å². The van der Waals surface area contributed by atoms with Gasteiger partial charge in [-0.3, -0.25) is 0 Å². The molecule has 0 amide bonds. The summed E-state index contributed by atoms with van der Waals surface area (Å²) in [5.41, 5.74) is 3.26. The first-order chi connectivity index (χ1) is 7.83. The largest absolute Gasteiger partial charge is 0.246 e. The maximum Gasteiger partial charge on any atom is 0.115 e. The quantitative estimate of drug-likeness (QED) is 0.720. The van der Waals surface area contributed by atoms with E-state index in [-0.39, 0.29) is 0 Å². The van der Waals surface area contributed by atoms with E-state index in [2.05, 4.69) is 0 Å². The van der Waals surface area contributed by atoms with Crippen molar-refractivity contribution in [3.05, 3.63) is 59.7 Å². The van der Waals surface area contributed by atoms with Gasteiger partial charge in [0.1, 0.15) is 13.3 Å². The van der Waals surface area contributed by atoms with Crippen LogP contribution in [-0.4, -0.2) is 0 Å². The van der Waals surface area contributed by atoms with Crippen molar-refractivity contribution < 1.29 is 8.78 Å². The van der Waals surface area contributed by atoms with Crippen LogP contribution in [0.15, 0.2) is 48.5 Å². The first kappa shape index (κ1) is 10.8. The SMILES string of the molecule is FCc1ccc(-c2cccc(CF)c2)cc1. The molecule has 0 fully saturated rings. The number of hydrogen-bond acceptors (Lipinski definition) is 0. The summed E-state index contributed by atoms with van der Waals surface area (Å²) in [5, 5.41) is 0. The van der Waals surface area contributed by atoms with Crippen LogP contribution in [0.2, 0.25) is 0 Å². The Hall–Kier alpha value is -1.70. The molecule has 0 saturated heterocycles. The van der Waals surface area contributed by atoms with E-state index in [0.717, 1.165) is 11.1 Å². The lowest BCUT2D eigenvalue weighted by Crippen LogP contribution is -1.83. The lowest BCUT2D eigenvalue weighted by molar-refractivity contribution is 0.485. The van der Waals surface area contributed by atoms with Crippen molar-refractivity contribution in [3.63, 3.8) is 0 Å². The van der Waals surface area contributed by atoms with E-state index in [0.29, 0.717) is 11.1 Å². The van der Waals surface area contributed by atoms with E-state index in [1.165, 1.54) is 0 Å². The van der Waals surface area contributed by atoms with E-state index in [4.69, 9.17) is 0 Å². The number of rotatable bonds is 3. The van der Waals surface area contributed by atoms with Crippen LogP contribution in [0.5, 0.6) is 0 Å². The maximum atomic E-state index is 12.5. The Morgan fingerprint density at radius 1 is 0.688 bits per heavy atom. The van der Waals surface area contributed by atoms with Crippen LogP contribution in [-0.2, 0) is 13.3 Å². The molecular formula is C14H12F2. The number of hydrogen-bond donors (Lipinski definition) is 0. The Bertz CT molecular complexity index is 460. The minimum absolute atomic E-state index is 0.454. The molecule has 0 aromatic heterocycles. The summed E-state index contributed by atoms with van der Waals surface area (Å²) >= 11 is 0. The Morgan fingerprint density at radius 3 is 2.00 bits per heavy atom. The highest BCUT2D eigenvalue weighted by molar-refractivity contribution is 5.64. The zero-order valence-electron chi connectivity index (χ0n) is 8.79. The monoisotopic (exact) mass is 218 g/mol. The lowest BCUT2D eigenvalue weighted by Gasteiger charge is -2.04. The third-order valence-corrected chi connectivity index (χ3v) is 2.52. The summed E-state index contributed by atoms with van der Waals surface area (Å²) in [6.07, 6.45) is 0. The molecule has 0 radical (unpaired) electrons. The molecule has 0 aliphatic heterocycles. The van der Waals surface area contributed by atoms with Crippen molar-refractivity contribution in [2.75, 3.05) is 0 Å². The molecule has 0 nitrogen and oxygen atoms in total. The van der Waals surface area contributed by atoms with Gasteiger partial charge in [0.15, 0.2) is 0 Å². The van der Waals surface area contributed by atoms with Gasteiger partial charge in [-0.1, -0.05) is 42.5 Å². The minimum Gasteiger partial charge on any atom is -0.246 e. The highest BCUT2D eigenvalue weighted by Gasteiger charge is 1.99. The topological polar surface area (TPSA) is 0 Å². The normalized spacial score (nSPS) is 10.4. The van der Waals surface area contributed by atoms with Gasteiger partial charge >= 0.3 is 0 Å². The predicted octanol–water partition coefficient (Wildman–Crippen LogP) is 4.29. The number of alkyl halides is 2. The molecule has 0 spiro atoms. The molecule has 0 unspecified atom stereocenters. The van der Waals surface area contributed by atoms with Gasteiger partial charge in [-0.15, -0.1) is 0 Å². The standard InChI is InChI=1S/C14H12F2/c15-9-11-4-6-13(7-5-11)14-3-1-2-12(8-14)10-16/h1-8H,9-10H2. The average Bonchev–Trinajstić information content (AvgIpc) is 2.39. The second-order valence-electron chi connectivity index (χ2n) is 3.66. The molecule has 82 valence electrons. The van der Waals surface area contributed by atoms with Crippen molar-refractivity contribution >= 4 is 0 Å². The molecule has 0 saturated carbocycles. The zero-order chi connectivity index (χ0) is 11.4. The van der Waals surface area contributed by atoms with Crippen LogP contribution < -0.4 is 0 Å². The molecule has 16 heavy (non-hydrogen) atoms. The highest BCUT2D eigenvalue weighted by atomic mass is 19.1. The van der Waals surface area contributed by atoms with Crippen LogP contribution in [0.4, 0.5) is 8.78 Å². The van der Waals surface area contributed by atoms with Crippen molar-refractivity contribution in [3.8, 4) is 11.1 Å². The molecule has 2 heteroatoms. The summed E-state index contributed by atoms with van der Waals surface area (Å²) in [6.45, 7) is -0.915. The fraction of sp³-hybridized carbons (Fsp3) is 0.143.